The molecule has 0 spiro atoms. The molecule has 0 aliphatic heterocycles. The van der Waals surface area contributed by atoms with E-state index in [1.807, 2.05) is 20.8 Å². The number of anilines is 2. The molecule has 1 aromatic heterocycles. The van der Waals surface area contributed by atoms with Gasteiger partial charge in [0.05, 0.1) is 29.2 Å². The van der Waals surface area contributed by atoms with E-state index >= 15 is 0 Å². The first-order valence-electron chi connectivity index (χ1n) is 6.07. The molecule has 0 unspecified atom stereocenters. The van der Waals surface area contributed by atoms with E-state index in [0.717, 1.165) is 0 Å². The lowest BCUT2D eigenvalue weighted by Gasteiger charge is -2.34. The standard InChI is InChI=1S/C12H20N4O3/c1-5-13-10-6-9(16(18)19)7-11(14-10)15(4)12(2,3)8-17/h6-7,17H,5,8H2,1-4H3,(H,13,14). The molecule has 1 rings (SSSR count). The van der Waals surface area contributed by atoms with Gasteiger partial charge < -0.3 is 15.3 Å². The molecule has 0 aromatic carbocycles. The Bertz CT molecular complexity index is 462. The number of likely N-dealkylation sites (N-methyl/N-ethyl adjacent to an activating group) is 1. The molecule has 19 heavy (non-hydrogen) atoms. The molecule has 7 nitrogen and oxygen atoms in total. The molecule has 0 saturated carbocycles. The predicted octanol–water partition coefficient (Wildman–Crippen LogP) is 1.63. The Kier molecular flexibility index (Phi) is 4.66. The number of aliphatic hydroxyl groups excluding tert-OH is 1. The molecular weight excluding hydrogens is 248 g/mol. The zero-order chi connectivity index (χ0) is 14.6. The highest BCUT2D eigenvalue weighted by atomic mass is 16.6. The van der Waals surface area contributed by atoms with E-state index < -0.39 is 10.5 Å². The zero-order valence-corrected chi connectivity index (χ0v) is 11.7. The first-order chi connectivity index (χ1) is 8.81. The number of rotatable bonds is 6. The van der Waals surface area contributed by atoms with Gasteiger partial charge in [0.25, 0.3) is 5.69 Å². The molecule has 0 atom stereocenters. The van der Waals surface area contributed by atoms with Crippen LogP contribution in [0.5, 0.6) is 0 Å². The van der Waals surface area contributed by atoms with E-state index in [0.29, 0.717) is 18.2 Å². The summed E-state index contributed by atoms with van der Waals surface area (Å²) in [5, 5.41) is 23.3. The van der Waals surface area contributed by atoms with Crippen molar-refractivity contribution in [2.75, 3.05) is 30.4 Å². The van der Waals surface area contributed by atoms with Crippen molar-refractivity contribution < 1.29 is 10.0 Å². The lowest BCUT2D eigenvalue weighted by Crippen LogP contribution is -2.44. The molecule has 1 heterocycles. The van der Waals surface area contributed by atoms with Crippen LogP contribution in [0, 0.1) is 10.1 Å². The van der Waals surface area contributed by atoms with E-state index in [4.69, 9.17) is 0 Å². The van der Waals surface area contributed by atoms with Crippen LogP contribution in [0.15, 0.2) is 12.1 Å². The van der Waals surface area contributed by atoms with Crippen LogP contribution in [0.1, 0.15) is 20.8 Å². The fourth-order valence-corrected chi connectivity index (χ4v) is 1.47. The van der Waals surface area contributed by atoms with Gasteiger partial charge in [0, 0.05) is 13.6 Å². The molecule has 7 heteroatoms. The van der Waals surface area contributed by atoms with Gasteiger partial charge in [0.2, 0.25) is 0 Å². The van der Waals surface area contributed by atoms with Crippen LogP contribution in [0.2, 0.25) is 0 Å². The van der Waals surface area contributed by atoms with Crippen LogP contribution < -0.4 is 10.2 Å². The molecular formula is C12H20N4O3. The number of aromatic nitrogens is 1. The molecule has 0 amide bonds. The Morgan fingerprint density at radius 1 is 1.53 bits per heavy atom. The van der Waals surface area contributed by atoms with E-state index in [2.05, 4.69) is 10.3 Å². The fourth-order valence-electron chi connectivity index (χ4n) is 1.47. The Hall–Kier alpha value is -1.89. The van der Waals surface area contributed by atoms with Crippen molar-refractivity contribution in [3.05, 3.63) is 22.2 Å². The van der Waals surface area contributed by atoms with E-state index in [1.54, 1.807) is 11.9 Å². The summed E-state index contributed by atoms with van der Waals surface area (Å²) in [6, 6.07) is 2.80. The fraction of sp³-hybridized carbons (Fsp3) is 0.583. The van der Waals surface area contributed by atoms with Gasteiger partial charge in [-0.1, -0.05) is 0 Å². The molecule has 0 bridgehead atoms. The van der Waals surface area contributed by atoms with Crippen molar-refractivity contribution in [1.82, 2.24) is 4.98 Å². The predicted molar refractivity (Wildman–Crippen MR) is 74.6 cm³/mol. The Balaban J connectivity index is 3.22. The lowest BCUT2D eigenvalue weighted by atomic mass is 10.1. The van der Waals surface area contributed by atoms with Crippen molar-refractivity contribution in [2.45, 2.75) is 26.3 Å². The third-order valence-electron chi connectivity index (χ3n) is 3.00. The van der Waals surface area contributed by atoms with Crippen LogP contribution in [0.4, 0.5) is 17.3 Å². The largest absolute Gasteiger partial charge is 0.394 e. The number of hydrogen-bond acceptors (Lipinski definition) is 6. The summed E-state index contributed by atoms with van der Waals surface area (Å²) in [6.07, 6.45) is 0. The first kappa shape index (κ1) is 15.2. The van der Waals surface area contributed by atoms with Crippen LogP contribution >= 0.6 is 0 Å². The highest BCUT2D eigenvalue weighted by molar-refractivity contribution is 5.56. The molecule has 2 N–H and O–H groups in total. The average molecular weight is 268 g/mol. The maximum Gasteiger partial charge on any atom is 0.276 e. The van der Waals surface area contributed by atoms with Crippen molar-refractivity contribution in [3.8, 4) is 0 Å². The summed E-state index contributed by atoms with van der Waals surface area (Å²) in [5.41, 5.74) is -0.576. The van der Waals surface area contributed by atoms with E-state index in [-0.39, 0.29) is 12.3 Å². The van der Waals surface area contributed by atoms with E-state index in [1.165, 1.54) is 12.1 Å². The van der Waals surface area contributed by atoms with Gasteiger partial charge in [-0.3, -0.25) is 10.1 Å². The lowest BCUT2D eigenvalue weighted by molar-refractivity contribution is -0.384. The SMILES string of the molecule is CCNc1cc([N+](=O)[O-])cc(N(C)C(C)(C)CO)n1. The average Bonchev–Trinajstić information content (AvgIpc) is 2.37. The summed E-state index contributed by atoms with van der Waals surface area (Å²) in [5.74, 6) is 0.900. The van der Waals surface area contributed by atoms with E-state index in [9.17, 15) is 15.2 Å². The Morgan fingerprint density at radius 2 is 2.16 bits per heavy atom. The minimum atomic E-state index is -0.550. The Labute approximate surface area is 112 Å². The van der Waals surface area contributed by atoms with Gasteiger partial charge in [-0.05, 0) is 20.8 Å². The zero-order valence-electron chi connectivity index (χ0n) is 11.7. The molecule has 0 saturated heterocycles. The monoisotopic (exact) mass is 268 g/mol. The van der Waals surface area contributed by atoms with Crippen LogP contribution in [0.25, 0.3) is 0 Å². The third-order valence-corrected chi connectivity index (χ3v) is 3.00. The van der Waals surface area contributed by atoms with Crippen molar-refractivity contribution in [3.63, 3.8) is 0 Å². The molecule has 0 aliphatic rings. The summed E-state index contributed by atoms with van der Waals surface area (Å²) >= 11 is 0. The summed E-state index contributed by atoms with van der Waals surface area (Å²) in [7, 11) is 1.75. The number of pyridine rings is 1. The second kappa shape index (κ2) is 5.83. The van der Waals surface area contributed by atoms with Gasteiger partial charge in [0.15, 0.2) is 0 Å². The molecule has 0 aliphatic carbocycles. The Morgan fingerprint density at radius 3 is 2.63 bits per heavy atom. The summed E-state index contributed by atoms with van der Waals surface area (Å²) in [4.78, 5) is 16.5. The number of nitro groups is 1. The number of nitrogens with one attached hydrogen (secondary N) is 1. The third kappa shape index (κ3) is 3.54. The minimum absolute atomic E-state index is 0.0264. The van der Waals surface area contributed by atoms with Gasteiger partial charge in [-0.25, -0.2) is 4.98 Å². The quantitative estimate of drug-likeness (QED) is 0.602. The number of hydrogen-bond donors (Lipinski definition) is 2. The highest BCUT2D eigenvalue weighted by Crippen LogP contribution is 2.26. The van der Waals surface area contributed by atoms with Crippen molar-refractivity contribution in [2.24, 2.45) is 0 Å². The summed E-state index contributed by atoms with van der Waals surface area (Å²) in [6.45, 7) is 6.10. The maximum atomic E-state index is 10.9. The molecule has 0 fully saturated rings. The molecule has 106 valence electrons. The van der Waals surface area contributed by atoms with Crippen LogP contribution in [0.3, 0.4) is 0 Å². The smallest absolute Gasteiger partial charge is 0.276 e. The van der Waals surface area contributed by atoms with Crippen molar-refractivity contribution >= 4 is 17.3 Å². The van der Waals surface area contributed by atoms with Gasteiger partial charge in [-0.15, -0.1) is 0 Å². The topological polar surface area (TPSA) is 91.5 Å². The maximum absolute atomic E-state index is 10.9. The van der Waals surface area contributed by atoms with Crippen LogP contribution in [-0.4, -0.2) is 40.8 Å². The highest BCUT2D eigenvalue weighted by Gasteiger charge is 2.25. The van der Waals surface area contributed by atoms with Gasteiger partial charge in [-0.2, -0.15) is 0 Å². The first-order valence-corrected chi connectivity index (χ1v) is 6.07. The van der Waals surface area contributed by atoms with Crippen molar-refractivity contribution in [1.29, 1.82) is 0 Å². The van der Waals surface area contributed by atoms with Gasteiger partial charge >= 0.3 is 0 Å². The van der Waals surface area contributed by atoms with Crippen LogP contribution in [-0.2, 0) is 0 Å². The summed E-state index contributed by atoms with van der Waals surface area (Å²) < 4.78 is 0. The minimum Gasteiger partial charge on any atom is -0.394 e. The molecule has 0 radical (unpaired) electrons. The second-order valence-corrected chi connectivity index (χ2v) is 4.89. The number of aliphatic hydroxyl groups is 1. The molecule has 1 aromatic rings. The number of nitrogens with zero attached hydrogens (tertiary/aromatic N) is 3. The van der Waals surface area contributed by atoms with Gasteiger partial charge in [0.1, 0.15) is 11.6 Å². The normalized spacial score (nSPS) is 11.2. The second-order valence-electron chi connectivity index (χ2n) is 4.89.